The Bertz CT molecular complexity index is 824. The quantitative estimate of drug-likeness (QED) is 0.669. The first kappa shape index (κ1) is 17.2. The van der Waals surface area contributed by atoms with Crippen molar-refractivity contribution in [1.29, 1.82) is 0 Å². The first-order valence-corrected chi connectivity index (χ1v) is 8.28. The molecule has 6 nitrogen and oxygen atoms in total. The van der Waals surface area contributed by atoms with Gasteiger partial charge in [0.1, 0.15) is 6.10 Å². The molecular weight excluding hydrogens is 320 g/mol. The van der Waals surface area contributed by atoms with Crippen LogP contribution in [0.2, 0.25) is 0 Å². The maximum absolute atomic E-state index is 12.6. The lowest BCUT2D eigenvalue weighted by Crippen LogP contribution is -2.42. The lowest BCUT2D eigenvalue weighted by atomic mass is 10.0. The van der Waals surface area contributed by atoms with Gasteiger partial charge in [0.25, 0.3) is 5.91 Å². The first-order chi connectivity index (χ1) is 12.1. The number of carbonyl (C=O) groups is 2. The fourth-order valence-electron chi connectivity index (χ4n) is 3.25. The predicted octanol–water partition coefficient (Wildman–Crippen LogP) is 2.43. The zero-order valence-corrected chi connectivity index (χ0v) is 14.5. The zero-order chi connectivity index (χ0) is 18.0. The molecule has 0 spiro atoms. The molecule has 1 N–H and O–H groups in total. The standard InChI is InChI=1S/C19H22N2O4/c1-4-10-25-12(2)18(22)21-9-8-16-15(11-21)13-6-5-7-14(17(13)20-16)19(23)24-3/h4-7,12,20H,1,8-11H2,2-3H3. The van der Waals surface area contributed by atoms with Crippen LogP contribution in [-0.2, 0) is 27.2 Å². The number of nitrogens with zero attached hydrogens (tertiary/aromatic N) is 1. The Balaban J connectivity index is 1.89. The number of nitrogens with one attached hydrogen (secondary N) is 1. The van der Waals surface area contributed by atoms with Crippen molar-refractivity contribution in [2.45, 2.75) is 26.0 Å². The highest BCUT2D eigenvalue weighted by Gasteiger charge is 2.28. The number of amides is 1. The first-order valence-electron chi connectivity index (χ1n) is 8.28. The molecule has 0 saturated carbocycles. The Labute approximate surface area is 146 Å². The van der Waals surface area contributed by atoms with Crippen molar-refractivity contribution in [2.24, 2.45) is 0 Å². The fourth-order valence-corrected chi connectivity index (χ4v) is 3.25. The van der Waals surface area contributed by atoms with Gasteiger partial charge in [-0.3, -0.25) is 4.79 Å². The summed E-state index contributed by atoms with van der Waals surface area (Å²) in [6, 6.07) is 5.53. The second-order valence-electron chi connectivity index (χ2n) is 6.08. The molecule has 6 heteroatoms. The van der Waals surface area contributed by atoms with E-state index in [9.17, 15) is 9.59 Å². The maximum atomic E-state index is 12.6. The highest BCUT2D eigenvalue weighted by Crippen LogP contribution is 2.30. The Morgan fingerprint density at radius 1 is 1.44 bits per heavy atom. The molecule has 2 heterocycles. The summed E-state index contributed by atoms with van der Waals surface area (Å²) >= 11 is 0. The van der Waals surface area contributed by atoms with Crippen LogP contribution in [0.3, 0.4) is 0 Å². The second kappa shape index (κ2) is 7.11. The number of carbonyl (C=O) groups excluding carboxylic acids is 2. The normalized spacial score (nSPS) is 14.9. The summed E-state index contributed by atoms with van der Waals surface area (Å²) in [6.45, 7) is 6.82. The number of benzene rings is 1. The van der Waals surface area contributed by atoms with Crippen molar-refractivity contribution in [3.05, 3.63) is 47.7 Å². The monoisotopic (exact) mass is 342 g/mol. The number of rotatable bonds is 5. The van der Waals surface area contributed by atoms with Crippen molar-refractivity contribution in [3.8, 4) is 0 Å². The van der Waals surface area contributed by atoms with Gasteiger partial charge in [0, 0.05) is 36.2 Å². The summed E-state index contributed by atoms with van der Waals surface area (Å²) < 4.78 is 10.3. The fraction of sp³-hybridized carbons (Fsp3) is 0.368. The lowest BCUT2D eigenvalue weighted by molar-refractivity contribution is -0.142. The molecule has 1 aliphatic rings. The molecule has 0 fully saturated rings. The van der Waals surface area contributed by atoms with E-state index < -0.39 is 6.10 Å². The van der Waals surface area contributed by atoms with E-state index in [2.05, 4.69) is 11.6 Å². The summed E-state index contributed by atoms with van der Waals surface area (Å²) in [5.41, 5.74) is 3.39. The van der Waals surface area contributed by atoms with E-state index in [1.165, 1.54) is 7.11 Å². The average Bonchev–Trinajstić information content (AvgIpc) is 3.02. The maximum Gasteiger partial charge on any atom is 0.339 e. The van der Waals surface area contributed by atoms with Gasteiger partial charge in [0.2, 0.25) is 0 Å². The van der Waals surface area contributed by atoms with E-state index in [1.54, 1.807) is 24.0 Å². The third-order valence-electron chi connectivity index (χ3n) is 4.54. The molecule has 25 heavy (non-hydrogen) atoms. The van der Waals surface area contributed by atoms with Gasteiger partial charge in [-0.25, -0.2) is 4.79 Å². The van der Waals surface area contributed by atoms with E-state index in [4.69, 9.17) is 9.47 Å². The summed E-state index contributed by atoms with van der Waals surface area (Å²) in [5, 5.41) is 0.954. The van der Waals surface area contributed by atoms with Gasteiger partial charge < -0.3 is 19.4 Å². The van der Waals surface area contributed by atoms with E-state index in [0.717, 1.165) is 22.2 Å². The number of ether oxygens (including phenoxy) is 2. The van der Waals surface area contributed by atoms with Crippen LogP contribution in [-0.4, -0.2) is 48.1 Å². The van der Waals surface area contributed by atoms with Gasteiger partial charge in [-0.2, -0.15) is 0 Å². The highest BCUT2D eigenvalue weighted by molar-refractivity contribution is 6.04. The molecule has 0 bridgehead atoms. The zero-order valence-electron chi connectivity index (χ0n) is 14.5. The summed E-state index contributed by atoms with van der Waals surface area (Å²) in [4.78, 5) is 29.7. The van der Waals surface area contributed by atoms with Crippen molar-refractivity contribution < 1.29 is 19.1 Å². The van der Waals surface area contributed by atoms with E-state index in [0.29, 0.717) is 31.7 Å². The number of esters is 1. The van der Waals surface area contributed by atoms with Gasteiger partial charge in [-0.05, 0) is 13.0 Å². The third-order valence-corrected chi connectivity index (χ3v) is 4.54. The van der Waals surface area contributed by atoms with Gasteiger partial charge in [-0.1, -0.05) is 18.2 Å². The largest absolute Gasteiger partial charge is 0.465 e. The Kier molecular flexibility index (Phi) is 4.90. The van der Waals surface area contributed by atoms with Crippen LogP contribution in [0.4, 0.5) is 0 Å². The minimum Gasteiger partial charge on any atom is -0.465 e. The SMILES string of the molecule is C=CCOC(C)C(=O)N1CCc2[nH]c3c(C(=O)OC)cccc3c2C1. The molecule has 0 saturated heterocycles. The van der Waals surface area contributed by atoms with E-state index >= 15 is 0 Å². The van der Waals surface area contributed by atoms with Crippen LogP contribution < -0.4 is 0 Å². The Morgan fingerprint density at radius 3 is 2.96 bits per heavy atom. The van der Waals surface area contributed by atoms with Crippen LogP contribution >= 0.6 is 0 Å². The second-order valence-corrected chi connectivity index (χ2v) is 6.08. The molecule has 3 rings (SSSR count). The number of fused-ring (bicyclic) bond motifs is 3. The minimum absolute atomic E-state index is 0.0361. The molecule has 1 aliphatic heterocycles. The predicted molar refractivity (Wildman–Crippen MR) is 94.4 cm³/mol. The van der Waals surface area contributed by atoms with Crippen molar-refractivity contribution in [2.75, 3.05) is 20.3 Å². The van der Waals surface area contributed by atoms with Gasteiger partial charge in [-0.15, -0.1) is 6.58 Å². The lowest BCUT2D eigenvalue weighted by Gasteiger charge is -2.29. The molecule has 1 aromatic heterocycles. The number of hydrogen-bond donors (Lipinski definition) is 1. The van der Waals surface area contributed by atoms with Gasteiger partial charge >= 0.3 is 5.97 Å². The van der Waals surface area contributed by atoms with Crippen LogP contribution in [0.25, 0.3) is 10.9 Å². The van der Waals surface area contributed by atoms with Crippen LogP contribution in [0.1, 0.15) is 28.5 Å². The summed E-state index contributed by atoms with van der Waals surface area (Å²) in [6.07, 6.45) is 1.84. The number of hydrogen-bond acceptors (Lipinski definition) is 4. The molecule has 1 aromatic carbocycles. The van der Waals surface area contributed by atoms with E-state index in [-0.39, 0.29) is 11.9 Å². The third kappa shape index (κ3) is 3.17. The van der Waals surface area contributed by atoms with Crippen molar-refractivity contribution in [3.63, 3.8) is 0 Å². The minimum atomic E-state index is -0.504. The topological polar surface area (TPSA) is 71.6 Å². The molecule has 1 atom stereocenters. The molecule has 1 unspecified atom stereocenters. The molecule has 132 valence electrons. The smallest absolute Gasteiger partial charge is 0.339 e. The van der Waals surface area contributed by atoms with Gasteiger partial charge in [0.15, 0.2) is 0 Å². The molecule has 2 aromatic rings. The number of para-hydroxylation sites is 1. The van der Waals surface area contributed by atoms with Crippen molar-refractivity contribution >= 4 is 22.8 Å². The van der Waals surface area contributed by atoms with Gasteiger partial charge in [0.05, 0.1) is 24.8 Å². The molecule has 0 aliphatic carbocycles. The molecule has 0 radical (unpaired) electrons. The molecule has 1 amide bonds. The van der Waals surface area contributed by atoms with Crippen LogP contribution in [0, 0.1) is 0 Å². The highest BCUT2D eigenvalue weighted by atomic mass is 16.5. The number of aromatic nitrogens is 1. The summed E-state index contributed by atoms with van der Waals surface area (Å²) in [5.74, 6) is -0.408. The Hall–Kier alpha value is -2.60. The number of aromatic amines is 1. The van der Waals surface area contributed by atoms with Crippen LogP contribution in [0.15, 0.2) is 30.9 Å². The average molecular weight is 342 g/mol. The number of methoxy groups -OCH3 is 1. The number of H-pyrrole nitrogens is 1. The Morgan fingerprint density at radius 2 is 2.24 bits per heavy atom. The van der Waals surface area contributed by atoms with E-state index in [1.807, 2.05) is 12.1 Å². The van der Waals surface area contributed by atoms with Crippen LogP contribution in [0.5, 0.6) is 0 Å². The molecular formula is C19H22N2O4. The summed E-state index contributed by atoms with van der Waals surface area (Å²) in [7, 11) is 1.37. The van der Waals surface area contributed by atoms with Crippen molar-refractivity contribution in [1.82, 2.24) is 9.88 Å².